The Kier molecular flexibility index (Phi) is 3.78. The summed E-state index contributed by atoms with van der Waals surface area (Å²) < 4.78 is 5.18. The van der Waals surface area contributed by atoms with Gasteiger partial charge in [-0.2, -0.15) is 0 Å². The second-order valence-corrected chi connectivity index (χ2v) is 5.80. The van der Waals surface area contributed by atoms with E-state index in [1.807, 2.05) is 6.92 Å². The SMILES string of the molecule is CCOC(=O)C1=CN2C(=O)CCN2[C@@H]1C1CCCCC1. The average Bonchev–Trinajstić information content (AvgIpc) is 3.00. The van der Waals surface area contributed by atoms with Crippen LogP contribution in [0.3, 0.4) is 0 Å². The van der Waals surface area contributed by atoms with Crippen LogP contribution in [-0.4, -0.2) is 41.1 Å². The lowest BCUT2D eigenvalue weighted by atomic mass is 9.81. The van der Waals surface area contributed by atoms with Crippen molar-refractivity contribution in [3.8, 4) is 0 Å². The van der Waals surface area contributed by atoms with E-state index in [2.05, 4.69) is 5.01 Å². The molecule has 0 aromatic rings. The number of hydrogen-bond donors (Lipinski definition) is 0. The molecule has 1 atom stereocenters. The van der Waals surface area contributed by atoms with E-state index in [9.17, 15) is 9.59 Å². The minimum absolute atomic E-state index is 0.0424. The van der Waals surface area contributed by atoms with Gasteiger partial charge in [0.25, 0.3) is 0 Å². The molecular weight excluding hydrogens is 256 g/mol. The van der Waals surface area contributed by atoms with Crippen molar-refractivity contribution in [2.24, 2.45) is 5.92 Å². The highest BCUT2D eigenvalue weighted by Gasteiger charge is 2.46. The normalized spacial score (nSPS) is 27.6. The van der Waals surface area contributed by atoms with Gasteiger partial charge in [0.1, 0.15) is 0 Å². The number of carbonyl (C=O) groups excluding carboxylic acids is 2. The maximum atomic E-state index is 12.2. The molecule has 5 nitrogen and oxygen atoms in total. The van der Waals surface area contributed by atoms with Crippen LogP contribution in [0, 0.1) is 5.92 Å². The second kappa shape index (κ2) is 5.56. The number of carbonyl (C=O) groups is 2. The molecule has 2 fully saturated rings. The van der Waals surface area contributed by atoms with Crippen molar-refractivity contribution in [1.29, 1.82) is 0 Å². The first kappa shape index (κ1) is 13.6. The van der Waals surface area contributed by atoms with Crippen molar-refractivity contribution in [2.45, 2.75) is 51.5 Å². The average molecular weight is 278 g/mol. The van der Waals surface area contributed by atoms with Crippen LogP contribution in [0.5, 0.6) is 0 Å². The van der Waals surface area contributed by atoms with Gasteiger partial charge >= 0.3 is 5.97 Å². The van der Waals surface area contributed by atoms with Crippen LogP contribution >= 0.6 is 0 Å². The zero-order valence-electron chi connectivity index (χ0n) is 12.0. The molecule has 0 spiro atoms. The van der Waals surface area contributed by atoms with Gasteiger partial charge in [-0.25, -0.2) is 14.8 Å². The predicted molar refractivity (Wildman–Crippen MR) is 73.2 cm³/mol. The summed E-state index contributed by atoms with van der Waals surface area (Å²) in [5.41, 5.74) is 0.673. The number of ether oxygens (including phenoxy) is 1. The van der Waals surface area contributed by atoms with Crippen LogP contribution in [0.2, 0.25) is 0 Å². The van der Waals surface area contributed by atoms with Crippen molar-refractivity contribution in [1.82, 2.24) is 10.0 Å². The predicted octanol–water partition coefficient (Wildman–Crippen LogP) is 1.85. The van der Waals surface area contributed by atoms with Crippen LogP contribution in [0.4, 0.5) is 0 Å². The Balaban J connectivity index is 1.85. The summed E-state index contributed by atoms with van der Waals surface area (Å²) in [4.78, 5) is 24.1. The molecule has 2 heterocycles. The number of rotatable bonds is 3. The third-order valence-corrected chi connectivity index (χ3v) is 4.60. The van der Waals surface area contributed by atoms with Crippen LogP contribution in [0.1, 0.15) is 45.4 Å². The lowest BCUT2D eigenvalue weighted by Gasteiger charge is -2.34. The van der Waals surface area contributed by atoms with Gasteiger partial charge in [0.15, 0.2) is 0 Å². The molecule has 0 bridgehead atoms. The van der Waals surface area contributed by atoms with E-state index in [-0.39, 0.29) is 17.9 Å². The lowest BCUT2D eigenvalue weighted by Crippen LogP contribution is -2.43. The van der Waals surface area contributed by atoms with Gasteiger partial charge in [-0.15, -0.1) is 0 Å². The zero-order valence-corrected chi connectivity index (χ0v) is 12.0. The molecule has 20 heavy (non-hydrogen) atoms. The van der Waals surface area contributed by atoms with E-state index >= 15 is 0 Å². The standard InChI is InChI=1S/C15H22N2O3/c1-2-20-15(19)12-10-17-13(18)8-9-16(17)14(12)11-6-4-3-5-7-11/h10-11,14H,2-9H2,1H3/t14-/m1/s1. The van der Waals surface area contributed by atoms with Gasteiger partial charge in [-0.05, 0) is 25.7 Å². The zero-order chi connectivity index (χ0) is 14.1. The topological polar surface area (TPSA) is 49.9 Å². The molecule has 1 aliphatic carbocycles. The molecule has 2 aliphatic heterocycles. The maximum absolute atomic E-state index is 12.2. The Morgan fingerprint density at radius 1 is 1.35 bits per heavy atom. The quantitative estimate of drug-likeness (QED) is 0.739. The van der Waals surface area contributed by atoms with Crippen LogP contribution < -0.4 is 0 Å². The molecule has 0 radical (unpaired) electrons. The Hall–Kier alpha value is -1.36. The van der Waals surface area contributed by atoms with E-state index in [0.717, 1.165) is 19.4 Å². The molecule has 0 aromatic carbocycles. The molecule has 0 unspecified atom stereocenters. The highest BCUT2D eigenvalue weighted by molar-refractivity contribution is 5.92. The third kappa shape index (κ3) is 2.24. The van der Waals surface area contributed by atoms with Gasteiger partial charge < -0.3 is 4.74 Å². The molecule has 3 aliphatic rings. The monoisotopic (exact) mass is 278 g/mol. The van der Waals surface area contributed by atoms with Gasteiger partial charge in [-0.1, -0.05) is 19.3 Å². The molecule has 1 amide bonds. The lowest BCUT2D eigenvalue weighted by molar-refractivity contribution is -0.140. The number of amides is 1. The van der Waals surface area contributed by atoms with E-state index in [1.165, 1.54) is 19.3 Å². The highest BCUT2D eigenvalue weighted by atomic mass is 16.5. The molecule has 1 saturated carbocycles. The van der Waals surface area contributed by atoms with Crippen molar-refractivity contribution in [3.63, 3.8) is 0 Å². The minimum Gasteiger partial charge on any atom is -0.463 e. The van der Waals surface area contributed by atoms with Gasteiger partial charge in [0.05, 0.1) is 18.2 Å². The molecule has 1 saturated heterocycles. The summed E-state index contributed by atoms with van der Waals surface area (Å²) in [6.45, 7) is 2.91. The van der Waals surface area contributed by atoms with Crippen molar-refractivity contribution in [3.05, 3.63) is 11.8 Å². The van der Waals surface area contributed by atoms with Crippen LogP contribution in [0.25, 0.3) is 0 Å². The first-order chi connectivity index (χ1) is 9.72. The Bertz CT molecular complexity index is 440. The minimum atomic E-state index is -0.259. The van der Waals surface area contributed by atoms with Crippen LogP contribution in [-0.2, 0) is 14.3 Å². The molecule has 0 N–H and O–H groups in total. The van der Waals surface area contributed by atoms with Gasteiger partial charge in [-0.3, -0.25) is 4.79 Å². The molecule has 110 valence electrons. The molecular formula is C15H22N2O3. The number of nitrogens with zero attached hydrogens (tertiary/aromatic N) is 2. The Morgan fingerprint density at radius 2 is 2.10 bits per heavy atom. The fourth-order valence-electron chi connectivity index (χ4n) is 3.70. The smallest absolute Gasteiger partial charge is 0.337 e. The Labute approximate surface area is 119 Å². The van der Waals surface area contributed by atoms with E-state index in [0.29, 0.717) is 24.5 Å². The van der Waals surface area contributed by atoms with E-state index < -0.39 is 0 Å². The van der Waals surface area contributed by atoms with Gasteiger partial charge in [0, 0.05) is 19.2 Å². The van der Waals surface area contributed by atoms with E-state index in [4.69, 9.17) is 4.74 Å². The molecule has 5 heteroatoms. The molecule has 3 rings (SSSR count). The molecule has 0 aromatic heterocycles. The van der Waals surface area contributed by atoms with Gasteiger partial charge in [0.2, 0.25) is 5.91 Å². The Morgan fingerprint density at radius 3 is 2.80 bits per heavy atom. The summed E-state index contributed by atoms with van der Waals surface area (Å²) in [5.74, 6) is 0.297. The number of hydrogen-bond acceptors (Lipinski definition) is 4. The fraction of sp³-hybridized carbons (Fsp3) is 0.733. The summed E-state index contributed by atoms with van der Waals surface area (Å²) in [6.07, 6.45) is 8.27. The number of fused-ring (bicyclic) bond motifs is 1. The second-order valence-electron chi connectivity index (χ2n) is 5.80. The first-order valence-electron chi connectivity index (χ1n) is 7.70. The summed E-state index contributed by atoms with van der Waals surface area (Å²) >= 11 is 0. The third-order valence-electron chi connectivity index (χ3n) is 4.60. The van der Waals surface area contributed by atoms with Crippen molar-refractivity contribution >= 4 is 11.9 Å². The highest BCUT2D eigenvalue weighted by Crippen LogP contribution is 2.39. The summed E-state index contributed by atoms with van der Waals surface area (Å²) in [5, 5.41) is 3.72. The fourth-order valence-corrected chi connectivity index (χ4v) is 3.70. The van der Waals surface area contributed by atoms with E-state index in [1.54, 1.807) is 11.2 Å². The first-order valence-corrected chi connectivity index (χ1v) is 7.70. The van der Waals surface area contributed by atoms with Crippen LogP contribution in [0.15, 0.2) is 11.8 Å². The largest absolute Gasteiger partial charge is 0.463 e. The number of hydrazine groups is 1. The van der Waals surface area contributed by atoms with Crippen molar-refractivity contribution in [2.75, 3.05) is 13.2 Å². The summed E-state index contributed by atoms with van der Waals surface area (Å²) in [6, 6.07) is 0.0424. The maximum Gasteiger partial charge on any atom is 0.337 e. The summed E-state index contributed by atoms with van der Waals surface area (Å²) in [7, 11) is 0. The van der Waals surface area contributed by atoms with Crippen molar-refractivity contribution < 1.29 is 14.3 Å². The number of esters is 1.